The van der Waals surface area contributed by atoms with Crippen LogP contribution in [0.4, 0.5) is 4.39 Å². The molecule has 3 rings (SSSR count). The molecule has 0 aliphatic heterocycles. The Morgan fingerprint density at radius 1 is 1.16 bits per heavy atom. The maximum absolute atomic E-state index is 15.0. The third-order valence-corrected chi connectivity index (χ3v) is 4.80. The van der Waals surface area contributed by atoms with E-state index >= 15 is 4.39 Å². The summed E-state index contributed by atoms with van der Waals surface area (Å²) in [6.07, 6.45) is -0.947. The molecule has 0 spiro atoms. The molecule has 7 heteroatoms. The van der Waals surface area contributed by atoms with Gasteiger partial charge in [0.2, 0.25) is 0 Å². The van der Waals surface area contributed by atoms with Gasteiger partial charge in [0.05, 0.1) is 14.2 Å². The van der Waals surface area contributed by atoms with Crippen LogP contribution in [-0.2, 0) is 19.1 Å². The van der Waals surface area contributed by atoms with Gasteiger partial charge in [0, 0.05) is 5.57 Å². The number of esters is 2. The molecule has 2 aliphatic carbocycles. The summed E-state index contributed by atoms with van der Waals surface area (Å²) in [6, 6.07) is 6.66. The second-order valence-electron chi connectivity index (χ2n) is 5.94. The van der Waals surface area contributed by atoms with Crippen molar-refractivity contribution in [2.24, 2.45) is 11.3 Å². The summed E-state index contributed by atoms with van der Waals surface area (Å²) >= 11 is 0. The third-order valence-electron chi connectivity index (χ3n) is 4.80. The van der Waals surface area contributed by atoms with Crippen LogP contribution in [0.1, 0.15) is 11.1 Å². The molecular weight excluding hydrogens is 331 g/mol. The minimum Gasteiger partial charge on any atom is -0.469 e. The van der Waals surface area contributed by atoms with E-state index in [1.54, 1.807) is 30.3 Å². The van der Waals surface area contributed by atoms with Crippen LogP contribution in [-0.4, -0.2) is 48.6 Å². The fourth-order valence-electron chi connectivity index (χ4n) is 3.65. The van der Waals surface area contributed by atoms with E-state index in [-0.39, 0.29) is 5.57 Å². The molecular formula is C18H17FO6. The molecule has 6 nitrogen and oxygen atoms in total. The molecule has 0 bridgehead atoms. The van der Waals surface area contributed by atoms with E-state index in [0.29, 0.717) is 11.1 Å². The van der Waals surface area contributed by atoms with E-state index in [1.807, 2.05) is 0 Å². The minimum absolute atomic E-state index is 0.189. The first-order chi connectivity index (χ1) is 11.9. The van der Waals surface area contributed by atoms with Gasteiger partial charge in [-0.15, -0.1) is 0 Å². The fraction of sp³-hybridized carbons (Fsp3) is 0.333. The Morgan fingerprint density at radius 3 is 2.48 bits per heavy atom. The lowest BCUT2D eigenvalue weighted by molar-refractivity contribution is -0.169. The topological polar surface area (TPSA) is 93.1 Å². The van der Waals surface area contributed by atoms with Crippen LogP contribution >= 0.6 is 0 Å². The van der Waals surface area contributed by atoms with E-state index in [0.717, 1.165) is 14.2 Å². The van der Waals surface area contributed by atoms with Gasteiger partial charge >= 0.3 is 11.9 Å². The molecule has 4 atom stereocenters. The van der Waals surface area contributed by atoms with Gasteiger partial charge in [-0.05, 0) is 11.1 Å². The predicted molar refractivity (Wildman–Crippen MR) is 85.5 cm³/mol. The molecule has 0 fully saturated rings. The van der Waals surface area contributed by atoms with Gasteiger partial charge in [0.1, 0.15) is 29.4 Å². The number of aliphatic hydroxyl groups is 2. The quantitative estimate of drug-likeness (QED) is 0.777. The molecule has 0 heterocycles. The number of ether oxygens (including phenoxy) is 2. The largest absolute Gasteiger partial charge is 0.469 e. The Labute approximate surface area is 143 Å². The minimum atomic E-state index is -1.96. The highest BCUT2D eigenvalue weighted by molar-refractivity contribution is 6.05. The number of halogens is 1. The van der Waals surface area contributed by atoms with Gasteiger partial charge in [-0.25, -0.2) is 4.39 Å². The third kappa shape index (κ3) is 2.23. The van der Waals surface area contributed by atoms with Gasteiger partial charge in [0.25, 0.3) is 0 Å². The summed E-state index contributed by atoms with van der Waals surface area (Å²) in [5.74, 6) is -4.51. The van der Waals surface area contributed by atoms with Gasteiger partial charge in [-0.1, -0.05) is 36.4 Å². The monoisotopic (exact) mass is 348 g/mol. The number of methoxy groups -OCH3 is 2. The van der Waals surface area contributed by atoms with E-state index in [4.69, 9.17) is 9.47 Å². The standard InChI is InChI=1S/C18H17FO6/c1-24-16(22)12-14(20)15(21)13(19)11-10-6-4-3-5-9(10)7-8-18(11,12)17(23)25-2/h3-8,12,14-15,20-21H,1-2H3/t12-,14+,15+,18-/m1/s1. The maximum Gasteiger partial charge on any atom is 0.321 e. The van der Waals surface area contributed by atoms with Gasteiger partial charge in [-0.2, -0.15) is 0 Å². The highest BCUT2D eigenvalue weighted by Gasteiger charge is 2.62. The summed E-state index contributed by atoms with van der Waals surface area (Å²) < 4.78 is 24.5. The second-order valence-corrected chi connectivity index (χ2v) is 5.94. The van der Waals surface area contributed by atoms with Crippen molar-refractivity contribution in [3.8, 4) is 0 Å². The first-order valence-electron chi connectivity index (χ1n) is 7.61. The van der Waals surface area contributed by atoms with Crippen molar-refractivity contribution >= 4 is 23.6 Å². The van der Waals surface area contributed by atoms with Crippen LogP contribution in [0.5, 0.6) is 0 Å². The fourth-order valence-corrected chi connectivity index (χ4v) is 3.65. The number of fused-ring (bicyclic) bond motifs is 3. The van der Waals surface area contributed by atoms with E-state index in [1.165, 1.54) is 6.08 Å². The first-order valence-corrected chi connectivity index (χ1v) is 7.61. The zero-order valence-corrected chi connectivity index (χ0v) is 13.6. The molecule has 25 heavy (non-hydrogen) atoms. The van der Waals surface area contributed by atoms with Crippen LogP contribution < -0.4 is 0 Å². The Morgan fingerprint density at radius 2 is 1.84 bits per heavy atom. The number of hydrogen-bond acceptors (Lipinski definition) is 6. The van der Waals surface area contributed by atoms with Crippen LogP contribution in [0.15, 0.2) is 36.2 Å². The van der Waals surface area contributed by atoms with Crippen molar-refractivity contribution in [1.82, 2.24) is 0 Å². The van der Waals surface area contributed by atoms with Crippen molar-refractivity contribution in [3.63, 3.8) is 0 Å². The van der Waals surface area contributed by atoms with Crippen LogP contribution in [0.2, 0.25) is 0 Å². The normalized spacial score (nSPS) is 30.4. The van der Waals surface area contributed by atoms with Crippen molar-refractivity contribution in [3.05, 3.63) is 47.3 Å². The zero-order valence-electron chi connectivity index (χ0n) is 13.6. The number of benzene rings is 1. The molecule has 1 aromatic carbocycles. The number of carbonyl (C=O) groups is 2. The second kappa shape index (κ2) is 6.09. The average Bonchev–Trinajstić information content (AvgIpc) is 2.64. The Kier molecular flexibility index (Phi) is 4.22. The molecule has 0 saturated carbocycles. The Hall–Kier alpha value is -2.51. The predicted octanol–water partition coefficient (Wildman–Crippen LogP) is 1.08. The molecule has 0 aromatic heterocycles. The molecule has 132 valence electrons. The van der Waals surface area contributed by atoms with Gasteiger partial charge in [-0.3, -0.25) is 9.59 Å². The molecule has 0 radical (unpaired) electrons. The van der Waals surface area contributed by atoms with E-state index < -0.39 is 41.3 Å². The number of hydrogen-bond donors (Lipinski definition) is 2. The van der Waals surface area contributed by atoms with Crippen molar-refractivity contribution < 1.29 is 33.7 Å². The zero-order chi connectivity index (χ0) is 18.4. The summed E-state index contributed by atoms with van der Waals surface area (Å²) in [7, 11) is 2.19. The van der Waals surface area contributed by atoms with Crippen LogP contribution in [0.25, 0.3) is 11.6 Å². The van der Waals surface area contributed by atoms with Crippen molar-refractivity contribution in [1.29, 1.82) is 0 Å². The summed E-state index contributed by atoms with van der Waals surface area (Å²) in [6.45, 7) is 0. The van der Waals surface area contributed by atoms with Gasteiger partial charge in [0.15, 0.2) is 0 Å². The van der Waals surface area contributed by atoms with Gasteiger partial charge < -0.3 is 19.7 Å². The number of rotatable bonds is 2. The maximum atomic E-state index is 15.0. The molecule has 0 saturated heterocycles. The Balaban J connectivity index is 2.39. The highest BCUT2D eigenvalue weighted by atomic mass is 19.1. The van der Waals surface area contributed by atoms with Crippen LogP contribution in [0.3, 0.4) is 0 Å². The summed E-state index contributed by atoms with van der Waals surface area (Å²) in [4.78, 5) is 25.0. The first kappa shape index (κ1) is 17.3. The smallest absolute Gasteiger partial charge is 0.321 e. The lowest BCUT2D eigenvalue weighted by Crippen LogP contribution is -2.56. The number of aliphatic hydroxyl groups excluding tert-OH is 2. The SMILES string of the molecule is COC(=O)[C@H]1[C@H](O)[C@@H](O)C(F)=C2c3ccccc3C=C[C@@]21C(=O)OC. The molecule has 0 amide bonds. The highest BCUT2D eigenvalue weighted by Crippen LogP contribution is 2.55. The molecule has 1 aromatic rings. The van der Waals surface area contributed by atoms with E-state index in [9.17, 15) is 19.8 Å². The van der Waals surface area contributed by atoms with Crippen molar-refractivity contribution in [2.75, 3.05) is 14.2 Å². The average molecular weight is 348 g/mol. The lowest BCUT2D eigenvalue weighted by atomic mass is 9.58. The lowest BCUT2D eigenvalue weighted by Gasteiger charge is -2.45. The molecule has 2 N–H and O–H groups in total. The molecule has 2 aliphatic rings. The van der Waals surface area contributed by atoms with E-state index in [2.05, 4.69) is 0 Å². The Bertz CT molecular complexity index is 799. The summed E-state index contributed by atoms with van der Waals surface area (Å²) in [5.41, 5.74) is -1.17. The summed E-state index contributed by atoms with van der Waals surface area (Å²) in [5, 5.41) is 20.5. The van der Waals surface area contributed by atoms with Crippen molar-refractivity contribution in [2.45, 2.75) is 12.2 Å². The van der Waals surface area contributed by atoms with Crippen LogP contribution in [0, 0.1) is 11.3 Å². The number of carbonyl (C=O) groups excluding carboxylic acids is 2. The molecule has 0 unspecified atom stereocenters.